The Labute approximate surface area is 196 Å². The highest BCUT2D eigenvalue weighted by Gasteiger charge is 2.70. The van der Waals surface area contributed by atoms with Crippen LogP contribution in [0.2, 0.25) is 0 Å². The van der Waals surface area contributed by atoms with Crippen molar-refractivity contribution in [3.63, 3.8) is 0 Å². The fourth-order valence-electron chi connectivity index (χ4n) is 6.04. The minimum atomic E-state index is -0.593. The molecule has 4 atom stereocenters. The number of rotatable bonds is 5. The van der Waals surface area contributed by atoms with E-state index in [-0.39, 0.29) is 36.0 Å². The maximum atomic E-state index is 12.4. The summed E-state index contributed by atoms with van der Waals surface area (Å²) in [6.45, 7) is 2.96. The van der Waals surface area contributed by atoms with Gasteiger partial charge in [0.1, 0.15) is 11.5 Å². The molecule has 2 saturated heterocycles. The van der Waals surface area contributed by atoms with Gasteiger partial charge < -0.3 is 15.0 Å². The van der Waals surface area contributed by atoms with E-state index in [1.807, 2.05) is 24.3 Å². The van der Waals surface area contributed by atoms with Crippen molar-refractivity contribution in [2.75, 3.05) is 24.5 Å². The number of piperidine rings is 1. The van der Waals surface area contributed by atoms with Crippen LogP contribution in [0.3, 0.4) is 0 Å². The van der Waals surface area contributed by atoms with Gasteiger partial charge in [-0.1, -0.05) is 12.1 Å². The quantitative estimate of drug-likeness (QED) is 0.682. The molecule has 3 aliphatic heterocycles. The normalized spacial score (nSPS) is 30.2. The number of pyridine rings is 1. The van der Waals surface area contributed by atoms with E-state index < -0.39 is 5.41 Å². The molecule has 4 aliphatic rings. The molecular weight excluding hydrogens is 434 g/mol. The van der Waals surface area contributed by atoms with Crippen LogP contribution in [-0.4, -0.2) is 60.1 Å². The van der Waals surface area contributed by atoms with Crippen LogP contribution in [0, 0.1) is 23.2 Å². The molecule has 2 aromatic rings. The molecule has 34 heavy (non-hydrogen) atoms. The van der Waals surface area contributed by atoms with Crippen molar-refractivity contribution in [2.45, 2.75) is 30.9 Å². The maximum absolute atomic E-state index is 12.4. The number of ether oxygens (including phenoxy) is 1. The number of nitrogens with one attached hydrogen (secondary N) is 1. The average molecular weight is 457 g/mol. The molecule has 9 nitrogen and oxygen atoms in total. The first kappa shape index (κ1) is 20.7. The highest BCUT2D eigenvalue weighted by atomic mass is 16.6. The van der Waals surface area contributed by atoms with Gasteiger partial charge in [0, 0.05) is 43.6 Å². The third-order valence-electron chi connectivity index (χ3n) is 7.79. The number of cyclic esters (lactones) is 1. The fraction of sp³-hybridized carbons (Fsp3) is 0.400. The monoisotopic (exact) mass is 457 g/mol. The van der Waals surface area contributed by atoms with Gasteiger partial charge in [-0.25, -0.2) is 4.79 Å². The van der Waals surface area contributed by atoms with Gasteiger partial charge in [-0.3, -0.25) is 19.5 Å². The second-order valence-corrected chi connectivity index (χ2v) is 9.53. The van der Waals surface area contributed by atoms with Crippen LogP contribution >= 0.6 is 0 Å². The Bertz CT molecular complexity index is 1240. The summed E-state index contributed by atoms with van der Waals surface area (Å²) in [4.78, 5) is 42.8. The molecule has 3 amide bonds. The molecule has 6 rings (SSSR count). The van der Waals surface area contributed by atoms with Gasteiger partial charge in [0.2, 0.25) is 12.3 Å². The number of hydrogen-bond donors (Lipinski definition) is 1. The van der Waals surface area contributed by atoms with Crippen LogP contribution in [0.25, 0.3) is 11.1 Å². The smallest absolute Gasteiger partial charge is 0.415 e. The van der Waals surface area contributed by atoms with E-state index in [9.17, 15) is 19.6 Å². The molecule has 1 aromatic heterocycles. The van der Waals surface area contributed by atoms with Crippen molar-refractivity contribution in [3.8, 4) is 17.2 Å². The highest BCUT2D eigenvalue weighted by molar-refractivity contribution is 5.94. The summed E-state index contributed by atoms with van der Waals surface area (Å²) >= 11 is 0. The number of amides is 3. The molecule has 2 unspecified atom stereocenters. The van der Waals surface area contributed by atoms with E-state index in [4.69, 9.17) is 4.74 Å². The average Bonchev–Trinajstić information content (AvgIpc) is 3.20. The number of likely N-dealkylation sites (tertiary alicyclic amines) is 1. The zero-order valence-corrected chi connectivity index (χ0v) is 18.6. The Morgan fingerprint density at radius 2 is 2.06 bits per heavy atom. The van der Waals surface area contributed by atoms with Gasteiger partial charge >= 0.3 is 6.09 Å². The number of anilines is 1. The van der Waals surface area contributed by atoms with Crippen LogP contribution < -0.4 is 10.2 Å². The molecule has 3 fully saturated rings. The molecule has 1 N–H and O–H groups in total. The van der Waals surface area contributed by atoms with Crippen molar-refractivity contribution >= 4 is 24.1 Å². The van der Waals surface area contributed by atoms with Crippen molar-refractivity contribution in [3.05, 3.63) is 47.8 Å². The Morgan fingerprint density at radius 1 is 1.29 bits per heavy atom. The summed E-state index contributed by atoms with van der Waals surface area (Å²) in [6, 6.07) is 12.2. The van der Waals surface area contributed by atoms with Gasteiger partial charge in [0.15, 0.2) is 0 Å². The summed E-state index contributed by atoms with van der Waals surface area (Å²) in [5, 5.41) is 12.6. The standard InChI is InChI=1S/C25H23N5O4/c1-14(32)27-9-22-21-7-17-6-15(2-4-20(17)30(21)24(33)34-22)16-3-5-23(28-8-16)25(12-26)18-10-29(13-31)11-19(18)25/h2-6,8,13,18-19,21-22H,7,9-11H2,1H3,(H,27,32)/t18?,19?,21-,22-,25?/m0/s1. The third kappa shape index (κ3) is 2.84. The van der Waals surface area contributed by atoms with E-state index in [1.165, 1.54) is 6.92 Å². The second kappa shape index (κ2) is 7.29. The fourth-order valence-corrected chi connectivity index (χ4v) is 6.04. The number of carbonyl (C=O) groups excluding carboxylic acids is 3. The number of nitrogens with zero attached hydrogens (tertiary/aromatic N) is 4. The molecule has 9 heteroatoms. The lowest BCUT2D eigenvalue weighted by Gasteiger charge is -2.18. The van der Waals surface area contributed by atoms with E-state index in [1.54, 1.807) is 16.0 Å². The zero-order valence-electron chi connectivity index (χ0n) is 18.6. The lowest BCUT2D eigenvalue weighted by molar-refractivity contribution is -0.119. The first-order valence-corrected chi connectivity index (χ1v) is 11.4. The summed E-state index contributed by atoms with van der Waals surface area (Å²) in [5.41, 5.74) is 3.98. The molecule has 4 heterocycles. The van der Waals surface area contributed by atoms with Crippen LogP contribution in [0.4, 0.5) is 10.5 Å². The number of hydrogen-bond acceptors (Lipinski definition) is 6. The molecule has 0 bridgehead atoms. The molecule has 0 spiro atoms. The van der Waals surface area contributed by atoms with Crippen LogP contribution in [0.5, 0.6) is 0 Å². The van der Waals surface area contributed by atoms with Gasteiger partial charge in [-0.05, 0) is 35.7 Å². The first-order valence-electron chi connectivity index (χ1n) is 11.4. The Balaban J connectivity index is 1.22. The van der Waals surface area contributed by atoms with Crippen LogP contribution in [0.15, 0.2) is 36.5 Å². The van der Waals surface area contributed by atoms with Gasteiger partial charge in [-0.2, -0.15) is 5.26 Å². The minimum absolute atomic E-state index is 0.138. The topological polar surface area (TPSA) is 116 Å². The molecule has 172 valence electrons. The summed E-state index contributed by atoms with van der Waals surface area (Å²) < 4.78 is 5.47. The number of carbonyl (C=O) groups is 3. The predicted molar refractivity (Wildman–Crippen MR) is 121 cm³/mol. The number of benzene rings is 1. The van der Waals surface area contributed by atoms with Crippen LogP contribution in [0.1, 0.15) is 18.2 Å². The summed E-state index contributed by atoms with van der Waals surface area (Å²) in [6.07, 6.45) is 2.53. The molecule has 0 radical (unpaired) electrons. The summed E-state index contributed by atoms with van der Waals surface area (Å²) in [7, 11) is 0. The Morgan fingerprint density at radius 3 is 2.71 bits per heavy atom. The minimum Gasteiger partial charge on any atom is -0.442 e. The van der Waals surface area contributed by atoms with Crippen molar-refractivity contribution in [1.29, 1.82) is 5.26 Å². The Hall–Kier alpha value is -3.93. The van der Waals surface area contributed by atoms with Crippen molar-refractivity contribution in [2.24, 2.45) is 11.8 Å². The lowest BCUT2D eigenvalue weighted by atomic mass is 9.95. The largest absolute Gasteiger partial charge is 0.442 e. The third-order valence-corrected chi connectivity index (χ3v) is 7.79. The molecule has 1 saturated carbocycles. The Kier molecular flexibility index (Phi) is 4.43. The summed E-state index contributed by atoms with van der Waals surface area (Å²) in [5.74, 6) is 0.150. The van der Waals surface area contributed by atoms with Crippen molar-refractivity contribution in [1.82, 2.24) is 15.2 Å². The first-order chi connectivity index (χ1) is 16.5. The second-order valence-electron chi connectivity index (χ2n) is 9.53. The SMILES string of the molecule is CC(=O)NC[C@@H]1OC(=O)N2c3ccc(-c4ccc(C5(C#N)C6CN(C=O)CC65)nc4)cc3C[C@@H]12. The van der Waals surface area contributed by atoms with Gasteiger partial charge in [-0.15, -0.1) is 0 Å². The van der Waals surface area contributed by atoms with E-state index >= 15 is 0 Å². The van der Waals surface area contributed by atoms with E-state index in [0.717, 1.165) is 34.5 Å². The van der Waals surface area contributed by atoms with Crippen molar-refractivity contribution < 1.29 is 19.1 Å². The maximum Gasteiger partial charge on any atom is 0.415 e. The molecule has 1 aromatic carbocycles. The molecule has 1 aliphatic carbocycles. The van der Waals surface area contributed by atoms with Crippen LogP contribution in [-0.2, 0) is 26.2 Å². The highest BCUT2D eigenvalue weighted by Crippen LogP contribution is 2.62. The number of nitriles is 1. The van der Waals surface area contributed by atoms with Gasteiger partial charge in [0.05, 0.1) is 30.0 Å². The number of aromatic nitrogens is 1. The zero-order chi connectivity index (χ0) is 23.6. The number of fused-ring (bicyclic) bond motifs is 4. The molecular formula is C25H23N5O4. The van der Waals surface area contributed by atoms with Gasteiger partial charge in [0.25, 0.3) is 0 Å². The predicted octanol–water partition coefficient (Wildman–Crippen LogP) is 1.61. The van der Waals surface area contributed by atoms with E-state index in [2.05, 4.69) is 22.4 Å². The lowest BCUT2D eigenvalue weighted by Crippen LogP contribution is -2.40. The van der Waals surface area contributed by atoms with E-state index in [0.29, 0.717) is 26.1 Å².